The van der Waals surface area contributed by atoms with Crippen LogP contribution in [0.15, 0.2) is 29.4 Å². The maximum Gasteiger partial charge on any atom is 0.428 e. The summed E-state index contributed by atoms with van der Waals surface area (Å²) in [6.45, 7) is 0. The fraction of sp³-hybridized carbons (Fsp3) is 0.200. The van der Waals surface area contributed by atoms with Crippen LogP contribution in [0.1, 0.15) is 5.56 Å². The molecule has 0 aromatic heterocycles. The van der Waals surface area contributed by atoms with Gasteiger partial charge >= 0.3 is 6.18 Å². The SMILES string of the molecule is FC(F)(F)C1(c2cc(Cl)cc(Cl)c2)C=C(Cl)NO1. The van der Waals surface area contributed by atoms with Crippen molar-refractivity contribution in [2.45, 2.75) is 11.8 Å². The van der Waals surface area contributed by atoms with Crippen molar-refractivity contribution in [3.63, 3.8) is 0 Å². The first-order chi connectivity index (χ1) is 8.24. The number of hydrogen-bond acceptors (Lipinski definition) is 2. The zero-order valence-electron chi connectivity index (χ0n) is 8.49. The van der Waals surface area contributed by atoms with Crippen LogP contribution in [0, 0.1) is 0 Å². The zero-order valence-corrected chi connectivity index (χ0v) is 10.8. The molecule has 0 bridgehead atoms. The van der Waals surface area contributed by atoms with Gasteiger partial charge in [-0.3, -0.25) is 5.48 Å². The van der Waals surface area contributed by atoms with E-state index in [0.717, 1.165) is 18.2 Å². The van der Waals surface area contributed by atoms with Gasteiger partial charge < -0.3 is 0 Å². The third-order valence-electron chi connectivity index (χ3n) is 2.35. The van der Waals surface area contributed by atoms with Gasteiger partial charge in [0.15, 0.2) is 0 Å². The van der Waals surface area contributed by atoms with E-state index in [1.807, 2.05) is 5.48 Å². The Bertz CT molecular complexity index is 497. The topological polar surface area (TPSA) is 21.3 Å². The fourth-order valence-electron chi connectivity index (χ4n) is 1.58. The number of rotatable bonds is 1. The fourth-order valence-corrected chi connectivity index (χ4v) is 2.30. The van der Waals surface area contributed by atoms with Crippen LogP contribution in [-0.2, 0) is 10.4 Å². The molecule has 1 aromatic rings. The molecule has 1 aliphatic rings. The van der Waals surface area contributed by atoms with E-state index in [1.54, 1.807) is 0 Å². The molecule has 0 aliphatic carbocycles. The summed E-state index contributed by atoms with van der Waals surface area (Å²) in [4.78, 5) is 4.60. The van der Waals surface area contributed by atoms with E-state index < -0.39 is 11.8 Å². The molecule has 2 nitrogen and oxygen atoms in total. The summed E-state index contributed by atoms with van der Waals surface area (Å²) < 4.78 is 39.6. The maximum atomic E-state index is 13.2. The standard InChI is InChI=1S/C10H5Cl3F3NO/c11-6-1-5(2-7(12)3-6)9(10(14,15)16)4-8(13)17-18-9/h1-4,17H. The summed E-state index contributed by atoms with van der Waals surface area (Å²) in [5.41, 5.74) is -0.975. The van der Waals surface area contributed by atoms with Crippen molar-refractivity contribution in [3.05, 3.63) is 45.0 Å². The van der Waals surface area contributed by atoms with Crippen LogP contribution >= 0.6 is 34.8 Å². The molecule has 8 heteroatoms. The minimum atomic E-state index is -4.72. The molecule has 1 aromatic carbocycles. The highest BCUT2D eigenvalue weighted by atomic mass is 35.5. The average Bonchev–Trinajstić information content (AvgIpc) is 2.59. The van der Waals surface area contributed by atoms with Crippen LogP contribution in [-0.4, -0.2) is 6.18 Å². The average molecular weight is 319 g/mol. The van der Waals surface area contributed by atoms with E-state index in [1.165, 1.54) is 6.07 Å². The van der Waals surface area contributed by atoms with Gasteiger partial charge in [-0.25, -0.2) is 4.84 Å². The predicted octanol–water partition coefficient (Wildman–Crippen LogP) is 4.37. The largest absolute Gasteiger partial charge is 0.428 e. The number of halogens is 6. The molecule has 18 heavy (non-hydrogen) atoms. The molecule has 0 spiro atoms. The Morgan fingerprint density at radius 1 is 1.06 bits per heavy atom. The highest BCUT2D eigenvalue weighted by molar-refractivity contribution is 6.34. The Balaban J connectivity index is 2.62. The van der Waals surface area contributed by atoms with Crippen LogP contribution in [0.2, 0.25) is 10.0 Å². The summed E-state index contributed by atoms with van der Waals surface area (Å²) in [7, 11) is 0. The molecule has 0 radical (unpaired) electrons. The van der Waals surface area contributed by atoms with Crippen LogP contribution in [0.25, 0.3) is 0 Å². The van der Waals surface area contributed by atoms with Gasteiger partial charge in [-0.2, -0.15) is 13.2 Å². The smallest absolute Gasteiger partial charge is 0.254 e. The van der Waals surface area contributed by atoms with Crippen molar-refractivity contribution in [1.29, 1.82) is 0 Å². The zero-order chi connectivity index (χ0) is 13.6. The Kier molecular flexibility index (Phi) is 3.44. The van der Waals surface area contributed by atoms with Crippen LogP contribution in [0.5, 0.6) is 0 Å². The molecule has 0 saturated carbocycles. The van der Waals surface area contributed by atoms with Crippen molar-refractivity contribution >= 4 is 34.8 Å². The lowest BCUT2D eigenvalue weighted by molar-refractivity contribution is -0.269. The first kappa shape index (κ1) is 13.8. The maximum absolute atomic E-state index is 13.2. The predicted molar refractivity (Wildman–Crippen MR) is 62.4 cm³/mol. The van der Waals surface area contributed by atoms with E-state index in [9.17, 15) is 13.2 Å². The van der Waals surface area contributed by atoms with E-state index in [4.69, 9.17) is 34.8 Å². The molecule has 98 valence electrons. The van der Waals surface area contributed by atoms with Crippen molar-refractivity contribution in [3.8, 4) is 0 Å². The second-order valence-corrected chi connectivity index (χ2v) is 4.87. The minimum Gasteiger partial charge on any atom is -0.254 e. The Labute approximate surface area is 115 Å². The Morgan fingerprint density at radius 3 is 2.00 bits per heavy atom. The Morgan fingerprint density at radius 2 is 1.61 bits per heavy atom. The van der Waals surface area contributed by atoms with Crippen LogP contribution in [0.3, 0.4) is 0 Å². The molecule has 1 aliphatic heterocycles. The summed E-state index contributed by atoms with van der Waals surface area (Å²) in [6, 6.07) is 3.56. The van der Waals surface area contributed by atoms with Gasteiger partial charge in [0, 0.05) is 21.7 Å². The van der Waals surface area contributed by atoms with Crippen molar-refractivity contribution in [2.24, 2.45) is 0 Å². The summed E-state index contributed by atoms with van der Waals surface area (Å²) in [6.07, 6.45) is -4.00. The van der Waals surface area contributed by atoms with E-state index in [-0.39, 0.29) is 20.8 Å². The van der Waals surface area contributed by atoms with Crippen molar-refractivity contribution in [2.75, 3.05) is 0 Å². The lowest BCUT2D eigenvalue weighted by atomic mass is 9.93. The molecule has 1 N–H and O–H groups in total. The third kappa shape index (κ3) is 2.28. The number of nitrogens with one attached hydrogen (secondary N) is 1. The molecule has 1 unspecified atom stereocenters. The lowest BCUT2D eigenvalue weighted by Crippen LogP contribution is -2.42. The molecule has 2 rings (SSSR count). The number of alkyl halides is 3. The van der Waals surface area contributed by atoms with Gasteiger partial charge in [0.25, 0.3) is 0 Å². The second-order valence-electron chi connectivity index (χ2n) is 3.59. The van der Waals surface area contributed by atoms with E-state index in [2.05, 4.69) is 4.84 Å². The Hall–Kier alpha value is -0.620. The quantitative estimate of drug-likeness (QED) is 0.777. The summed E-state index contributed by atoms with van der Waals surface area (Å²) in [5, 5.41) is -0.120. The van der Waals surface area contributed by atoms with Gasteiger partial charge in [-0.15, -0.1) is 0 Å². The minimum absolute atomic E-state index is 0.0705. The first-order valence-corrected chi connectivity index (χ1v) is 5.74. The molecule has 0 saturated heterocycles. The number of hydroxylamine groups is 1. The third-order valence-corrected chi connectivity index (χ3v) is 2.97. The number of benzene rings is 1. The molecule has 1 atom stereocenters. The van der Waals surface area contributed by atoms with Gasteiger partial charge in [0.1, 0.15) is 5.16 Å². The number of hydrogen-bond donors (Lipinski definition) is 1. The normalized spacial score (nSPS) is 23.8. The first-order valence-electron chi connectivity index (χ1n) is 4.60. The summed E-state index contributed by atoms with van der Waals surface area (Å²) in [5.74, 6) is 0. The van der Waals surface area contributed by atoms with Gasteiger partial charge in [0.05, 0.1) is 0 Å². The summed E-state index contributed by atoms with van der Waals surface area (Å²) >= 11 is 16.9. The molecule has 1 heterocycles. The highest BCUT2D eigenvalue weighted by Gasteiger charge is 2.59. The molecular formula is C10H5Cl3F3NO. The van der Waals surface area contributed by atoms with Gasteiger partial charge in [-0.1, -0.05) is 34.8 Å². The molecular weight excluding hydrogens is 313 g/mol. The molecule has 0 amide bonds. The van der Waals surface area contributed by atoms with Gasteiger partial charge in [-0.05, 0) is 18.2 Å². The highest BCUT2D eigenvalue weighted by Crippen LogP contribution is 2.47. The van der Waals surface area contributed by atoms with E-state index in [0.29, 0.717) is 0 Å². The van der Waals surface area contributed by atoms with Crippen LogP contribution < -0.4 is 5.48 Å². The second kappa shape index (κ2) is 4.49. The van der Waals surface area contributed by atoms with E-state index >= 15 is 0 Å². The molecule has 0 fully saturated rings. The van der Waals surface area contributed by atoms with Crippen molar-refractivity contribution < 1.29 is 18.0 Å². The monoisotopic (exact) mass is 317 g/mol. The van der Waals surface area contributed by atoms with Crippen LogP contribution in [0.4, 0.5) is 13.2 Å². The van der Waals surface area contributed by atoms with Crippen molar-refractivity contribution in [1.82, 2.24) is 5.48 Å². The van der Waals surface area contributed by atoms with Gasteiger partial charge in [0.2, 0.25) is 5.60 Å². The lowest BCUT2D eigenvalue weighted by Gasteiger charge is -2.28.